The van der Waals surface area contributed by atoms with E-state index in [1.165, 1.54) is 5.56 Å². The second-order valence-corrected chi connectivity index (χ2v) is 7.26. The Morgan fingerprint density at radius 2 is 1.81 bits per heavy atom. The molecule has 3 rings (SSSR count). The second-order valence-electron chi connectivity index (χ2n) is 7.26. The van der Waals surface area contributed by atoms with Crippen LogP contribution in [0, 0.1) is 12.8 Å². The predicted octanol–water partition coefficient (Wildman–Crippen LogP) is 3.96. The van der Waals surface area contributed by atoms with Crippen molar-refractivity contribution in [3.05, 3.63) is 65.4 Å². The molecule has 1 aliphatic rings. The molecule has 0 spiro atoms. The van der Waals surface area contributed by atoms with Crippen molar-refractivity contribution in [2.45, 2.75) is 33.2 Å². The number of aryl methyl sites for hydroxylation is 1. The molecule has 0 radical (unpaired) electrons. The zero-order valence-electron chi connectivity index (χ0n) is 15.7. The molecule has 2 amide bonds. The predicted molar refractivity (Wildman–Crippen MR) is 106 cm³/mol. The van der Waals surface area contributed by atoms with Gasteiger partial charge >= 0.3 is 0 Å². The van der Waals surface area contributed by atoms with Crippen LogP contribution in [0.1, 0.15) is 25.8 Å². The van der Waals surface area contributed by atoms with Crippen molar-refractivity contribution >= 4 is 17.5 Å². The van der Waals surface area contributed by atoms with Gasteiger partial charge in [0.1, 0.15) is 11.3 Å². The highest BCUT2D eigenvalue weighted by Gasteiger charge is 2.36. The number of anilines is 1. The van der Waals surface area contributed by atoms with E-state index in [9.17, 15) is 14.7 Å². The van der Waals surface area contributed by atoms with Crippen LogP contribution in [0.4, 0.5) is 5.69 Å². The van der Waals surface area contributed by atoms with Crippen LogP contribution in [0.3, 0.4) is 0 Å². The van der Waals surface area contributed by atoms with Gasteiger partial charge in [-0.25, -0.2) is 0 Å². The van der Waals surface area contributed by atoms with Crippen molar-refractivity contribution < 1.29 is 14.7 Å². The topological polar surface area (TPSA) is 78.4 Å². The lowest BCUT2D eigenvalue weighted by Crippen LogP contribution is -2.31. The number of nitrogens with one attached hydrogen (secondary N) is 2. The Morgan fingerprint density at radius 1 is 1.15 bits per heavy atom. The lowest BCUT2D eigenvalue weighted by molar-refractivity contribution is -0.120. The van der Waals surface area contributed by atoms with Crippen LogP contribution in [-0.4, -0.2) is 23.0 Å². The number of benzene rings is 2. The van der Waals surface area contributed by atoms with Gasteiger partial charge in [0.2, 0.25) is 0 Å². The highest BCUT2D eigenvalue weighted by molar-refractivity contribution is 6.24. The van der Waals surface area contributed by atoms with E-state index >= 15 is 0 Å². The van der Waals surface area contributed by atoms with Gasteiger partial charge in [-0.1, -0.05) is 50.2 Å². The first-order chi connectivity index (χ1) is 12.9. The number of rotatable bonds is 5. The van der Waals surface area contributed by atoms with Crippen LogP contribution >= 0.6 is 0 Å². The van der Waals surface area contributed by atoms with E-state index in [1.807, 2.05) is 57.2 Å². The Morgan fingerprint density at radius 3 is 2.44 bits per heavy atom. The fourth-order valence-electron chi connectivity index (χ4n) is 3.27. The average Bonchev–Trinajstić information content (AvgIpc) is 2.89. The smallest absolute Gasteiger partial charge is 0.264 e. The molecule has 2 aromatic rings. The monoisotopic (exact) mass is 364 g/mol. The molecule has 3 N–H and O–H groups in total. The number of hydrogen-bond donors (Lipinski definition) is 3. The summed E-state index contributed by atoms with van der Waals surface area (Å²) in [5.74, 6) is -1.02. The summed E-state index contributed by atoms with van der Waals surface area (Å²) < 4.78 is 0. The van der Waals surface area contributed by atoms with Crippen molar-refractivity contribution in [1.82, 2.24) is 5.32 Å². The Balaban J connectivity index is 1.75. The lowest BCUT2D eigenvalue weighted by Gasteiger charge is -2.13. The Labute approximate surface area is 159 Å². The van der Waals surface area contributed by atoms with Crippen molar-refractivity contribution in [3.8, 4) is 11.1 Å². The molecule has 1 unspecified atom stereocenters. The number of amides is 2. The summed E-state index contributed by atoms with van der Waals surface area (Å²) in [6.45, 7) is 6.04. The normalized spacial score (nSPS) is 16.6. The molecule has 0 bridgehead atoms. The maximum absolute atomic E-state index is 12.5. The first kappa shape index (κ1) is 18.7. The average molecular weight is 364 g/mol. The molecule has 2 aromatic carbocycles. The molecule has 0 saturated heterocycles. The molecule has 1 aliphatic heterocycles. The van der Waals surface area contributed by atoms with Gasteiger partial charge < -0.3 is 15.7 Å². The summed E-state index contributed by atoms with van der Waals surface area (Å²) in [5.41, 5.74) is 3.70. The van der Waals surface area contributed by atoms with Gasteiger partial charge in [0.25, 0.3) is 11.8 Å². The van der Waals surface area contributed by atoms with Crippen molar-refractivity contribution in [3.63, 3.8) is 0 Å². The molecule has 0 fully saturated rings. The summed E-state index contributed by atoms with van der Waals surface area (Å²) >= 11 is 0. The first-order valence-corrected chi connectivity index (χ1v) is 9.08. The highest BCUT2D eigenvalue weighted by Crippen LogP contribution is 2.26. The largest absolute Gasteiger partial charge is 0.509 e. The number of carbonyl (C=O) groups excluding carboxylic acids is 2. The summed E-state index contributed by atoms with van der Waals surface area (Å²) in [7, 11) is 0. The summed E-state index contributed by atoms with van der Waals surface area (Å²) in [6, 6.07) is 15.0. The van der Waals surface area contributed by atoms with Crippen molar-refractivity contribution in [2.24, 2.45) is 5.92 Å². The number of hydrogen-bond acceptors (Lipinski definition) is 3. The number of carbonyl (C=O) groups is 2. The van der Waals surface area contributed by atoms with Gasteiger partial charge in [-0.05, 0) is 48.1 Å². The van der Waals surface area contributed by atoms with Crippen LogP contribution in [0.25, 0.3) is 11.1 Å². The van der Waals surface area contributed by atoms with Gasteiger partial charge in [0.15, 0.2) is 0 Å². The molecule has 140 valence electrons. The van der Waals surface area contributed by atoms with E-state index < -0.39 is 17.9 Å². The SMILES string of the molecule is Cc1ccccc1-c1ccc(NC(=O)C2=C(O)C(CC(C)C)NC2=O)cc1. The van der Waals surface area contributed by atoms with Crippen molar-refractivity contribution in [2.75, 3.05) is 5.32 Å². The van der Waals surface area contributed by atoms with Crippen LogP contribution in [-0.2, 0) is 9.59 Å². The maximum atomic E-state index is 12.5. The minimum atomic E-state index is -0.597. The molecule has 1 heterocycles. The first-order valence-electron chi connectivity index (χ1n) is 9.08. The maximum Gasteiger partial charge on any atom is 0.264 e. The molecule has 0 aliphatic carbocycles. The standard InChI is InChI=1S/C22H24N2O3/c1-13(2)12-18-20(25)19(22(27)24-18)21(26)23-16-10-8-15(9-11-16)17-7-5-4-6-14(17)3/h4-11,13,18,25H,12H2,1-3H3,(H,23,26)(H,24,27). The molecule has 5 nitrogen and oxygen atoms in total. The van der Waals surface area contributed by atoms with Gasteiger partial charge in [-0.2, -0.15) is 0 Å². The Bertz CT molecular complexity index is 898. The zero-order chi connectivity index (χ0) is 19.6. The quantitative estimate of drug-likeness (QED) is 0.703. The number of aliphatic hydroxyl groups is 1. The van der Waals surface area contributed by atoms with Crippen LogP contribution in [0.2, 0.25) is 0 Å². The van der Waals surface area contributed by atoms with Crippen LogP contribution < -0.4 is 10.6 Å². The summed E-state index contributed by atoms with van der Waals surface area (Å²) in [6.07, 6.45) is 0.583. The third-order valence-corrected chi connectivity index (χ3v) is 4.65. The third kappa shape index (κ3) is 4.03. The second kappa shape index (κ2) is 7.66. The molecule has 0 saturated carbocycles. The third-order valence-electron chi connectivity index (χ3n) is 4.65. The lowest BCUT2D eigenvalue weighted by atomic mass is 10.0. The van der Waals surface area contributed by atoms with E-state index in [-0.39, 0.29) is 17.3 Å². The molecular weight excluding hydrogens is 340 g/mol. The van der Waals surface area contributed by atoms with Crippen LogP contribution in [0.5, 0.6) is 0 Å². The van der Waals surface area contributed by atoms with E-state index in [0.29, 0.717) is 12.1 Å². The molecule has 5 heteroatoms. The minimum absolute atomic E-state index is 0.178. The Hall–Kier alpha value is -3.08. The van der Waals surface area contributed by atoms with E-state index in [4.69, 9.17) is 0 Å². The van der Waals surface area contributed by atoms with E-state index in [0.717, 1.165) is 11.1 Å². The fraction of sp³-hybridized carbons (Fsp3) is 0.273. The van der Waals surface area contributed by atoms with Gasteiger partial charge in [-0.15, -0.1) is 0 Å². The molecular formula is C22H24N2O3. The van der Waals surface area contributed by atoms with Gasteiger partial charge in [-0.3, -0.25) is 9.59 Å². The molecule has 0 aromatic heterocycles. The van der Waals surface area contributed by atoms with Crippen molar-refractivity contribution in [1.29, 1.82) is 0 Å². The fourth-order valence-corrected chi connectivity index (χ4v) is 3.27. The summed E-state index contributed by atoms with van der Waals surface area (Å²) in [4.78, 5) is 24.6. The molecule has 1 atom stereocenters. The zero-order valence-corrected chi connectivity index (χ0v) is 15.7. The summed E-state index contributed by atoms with van der Waals surface area (Å²) in [5, 5.41) is 15.6. The number of aliphatic hydroxyl groups excluding tert-OH is 1. The highest BCUT2D eigenvalue weighted by atomic mass is 16.3. The van der Waals surface area contributed by atoms with Gasteiger partial charge in [0, 0.05) is 5.69 Å². The molecule has 27 heavy (non-hydrogen) atoms. The minimum Gasteiger partial charge on any atom is -0.509 e. The van der Waals surface area contributed by atoms with E-state index in [1.54, 1.807) is 12.1 Å². The van der Waals surface area contributed by atoms with Crippen LogP contribution in [0.15, 0.2) is 59.9 Å². The van der Waals surface area contributed by atoms with E-state index in [2.05, 4.69) is 10.6 Å². The Kier molecular flexibility index (Phi) is 5.31. The van der Waals surface area contributed by atoms with Gasteiger partial charge in [0.05, 0.1) is 6.04 Å².